The highest BCUT2D eigenvalue weighted by Gasteiger charge is 2.46. The summed E-state index contributed by atoms with van der Waals surface area (Å²) < 4.78 is 5.51. The number of ether oxygens (including phenoxy) is 1. The average molecular weight is 313 g/mol. The van der Waals surface area contributed by atoms with Gasteiger partial charge in [-0.05, 0) is 12.5 Å². The minimum atomic E-state index is -1.42. The fraction of sp³-hybridized carbons (Fsp3) is 0.600. The van der Waals surface area contributed by atoms with Crippen molar-refractivity contribution in [2.45, 2.75) is 44.1 Å². The molecule has 2 unspecified atom stereocenters. The van der Waals surface area contributed by atoms with Gasteiger partial charge >= 0.3 is 0 Å². The highest BCUT2D eigenvalue weighted by atomic mass is 16.7. The largest absolute Gasteiger partial charge is 0.394 e. The van der Waals surface area contributed by atoms with Crippen molar-refractivity contribution >= 4 is 0 Å². The summed E-state index contributed by atoms with van der Waals surface area (Å²) in [6.07, 6.45) is -6.10. The maximum Gasteiger partial charge on any atom is 0.162 e. The first-order valence-corrected chi connectivity index (χ1v) is 7.32. The SMILES string of the molecule is CCON(Cc1ccccc1)[C@@H]1OC(CO)[C@@H](O)[C@H](O)C1O. The van der Waals surface area contributed by atoms with Gasteiger partial charge in [0.15, 0.2) is 6.23 Å². The zero-order valence-electron chi connectivity index (χ0n) is 12.4. The molecular weight excluding hydrogens is 290 g/mol. The minimum Gasteiger partial charge on any atom is -0.394 e. The molecule has 0 aliphatic carbocycles. The van der Waals surface area contributed by atoms with E-state index in [1.807, 2.05) is 30.3 Å². The van der Waals surface area contributed by atoms with Crippen LogP contribution in [-0.2, 0) is 16.1 Å². The van der Waals surface area contributed by atoms with Crippen LogP contribution in [0, 0.1) is 0 Å². The van der Waals surface area contributed by atoms with Gasteiger partial charge in [0.1, 0.15) is 24.4 Å². The fourth-order valence-corrected chi connectivity index (χ4v) is 2.46. The van der Waals surface area contributed by atoms with E-state index in [9.17, 15) is 20.4 Å². The number of nitrogens with zero attached hydrogens (tertiary/aromatic N) is 1. The summed E-state index contributed by atoms with van der Waals surface area (Å²) in [7, 11) is 0. The zero-order chi connectivity index (χ0) is 16.1. The maximum absolute atomic E-state index is 10.2. The van der Waals surface area contributed by atoms with Crippen LogP contribution >= 0.6 is 0 Å². The normalized spacial score (nSPS) is 32.4. The third-order valence-electron chi connectivity index (χ3n) is 3.63. The quantitative estimate of drug-likeness (QED) is 0.512. The van der Waals surface area contributed by atoms with Crippen LogP contribution in [0.4, 0.5) is 0 Å². The molecule has 2 rings (SSSR count). The molecule has 1 aromatic rings. The fourth-order valence-electron chi connectivity index (χ4n) is 2.46. The van der Waals surface area contributed by atoms with E-state index in [2.05, 4.69) is 0 Å². The second-order valence-corrected chi connectivity index (χ2v) is 5.20. The first-order valence-electron chi connectivity index (χ1n) is 7.32. The first kappa shape index (κ1) is 17.3. The monoisotopic (exact) mass is 313 g/mol. The van der Waals surface area contributed by atoms with Crippen molar-refractivity contribution in [1.82, 2.24) is 5.06 Å². The number of hydrogen-bond donors (Lipinski definition) is 4. The van der Waals surface area contributed by atoms with Gasteiger partial charge in [0, 0.05) is 0 Å². The Morgan fingerprint density at radius 1 is 1.09 bits per heavy atom. The van der Waals surface area contributed by atoms with Crippen molar-refractivity contribution in [2.75, 3.05) is 13.2 Å². The van der Waals surface area contributed by atoms with Gasteiger partial charge in [-0.2, -0.15) is 5.06 Å². The molecule has 0 saturated carbocycles. The van der Waals surface area contributed by atoms with Crippen LogP contribution in [0.5, 0.6) is 0 Å². The standard InChI is InChI=1S/C15H23NO6/c1-2-21-16(8-10-6-4-3-5-7-10)15-14(20)13(19)12(18)11(9-17)22-15/h3-7,11-15,17-20H,2,8-9H2,1H3/t11?,12-,13+,14?,15-/m1/s1. The number of rotatable bonds is 6. The van der Waals surface area contributed by atoms with Crippen molar-refractivity contribution in [3.8, 4) is 0 Å². The van der Waals surface area contributed by atoms with Gasteiger partial charge in [-0.1, -0.05) is 30.3 Å². The highest BCUT2D eigenvalue weighted by molar-refractivity contribution is 5.14. The van der Waals surface area contributed by atoms with Crippen molar-refractivity contribution < 1.29 is 30.0 Å². The second kappa shape index (κ2) is 7.98. The second-order valence-electron chi connectivity index (χ2n) is 5.20. The summed E-state index contributed by atoms with van der Waals surface area (Å²) in [6.45, 7) is 2.01. The van der Waals surface area contributed by atoms with E-state index in [1.54, 1.807) is 6.92 Å². The summed E-state index contributed by atoms with van der Waals surface area (Å²) in [5.41, 5.74) is 0.938. The Morgan fingerprint density at radius 2 is 1.77 bits per heavy atom. The molecule has 0 amide bonds. The predicted octanol–water partition coefficient (Wildman–Crippen LogP) is -0.760. The highest BCUT2D eigenvalue weighted by Crippen LogP contribution is 2.25. The van der Waals surface area contributed by atoms with Gasteiger partial charge < -0.3 is 25.2 Å². The lowest BCUT2D eigenvalue weighted by atomic mass is 9.98. The molecule has 0 spiro atoms. The molecule has 7 nitrogen and oxygen atoms in total. The lowest BCUT2D eigenvalue weighted by Crippen LogP contribution is -2.63. The van der Waals surface area contributed by atoms with E-state index in [0.29, 0.717) is 13.2 Å². The van der Waals surface area contributed by atoms with E-state index in [1.165, 1.54) is 5.06 Å². The van der Waals surface area contributed by atoms with Gasteiger partial charge in [0.25, 0.3) is 0 Å². The van der Waals surface area contributed by atoms with Crippen LogP contribution in [-0.4, -0.2) is 69.3 Å². The number of hydrogen-bond acceptors (Lipinski definition) is 7. The summed E-state index contributed by atoms with van der Waals surface area (Å²) in [6, 6.07) is 9.45. The molecular formula is C15H23NO6. The molecule has 22 heavy (non-hydrogen) atoms. The van der Waals surface area contributed by atoms with Crippen LogP contribution in [0.15, 0.2) is 30.3 Å². The molecule has 1 aliphatic rings. The van der Waals surface area contributed by atoms with Crippen LogP contribution in [0.1, 0.15) is 12.5 Å². The molecule has 1 heterocycles. The van der Waals surface area contributed by atoms with E-state index < -0.39 is 37.3 Å². The van der Waals surface area contributed by atoms with Crippen molar-refractivity contribution in [2.24, 2.45) is 0 Å². The molecule has 5 atom stereocenters. The van der Waals surface area contributed by atoms with Gasteiger partial charge in [-0.25, -0.2) is 0 Å². The maximum atomic E-state index is 10.2. The molecule has 0 bridgehead atoms. The molecule has 1 aromatic carbocycles. The van der Waals surface area contributed by atoms with E-state index >= 15 is 0 Å². The van der Waals surface area contributed by atoms with Gasteiger partial charge in [-0.3, -0.25) is 4.84 Å². The van der Waals surface area contributed by atoms with Crippen LogP contribution in [0.3, 0.4) is 0 Å². The number of hydroxylamine groups is 2. The van der Waals surface area contributed by atoms with Crippen LogP contribution in [0.25, 0.3) is 0 Å². The number of benzene rings is 1. The van der Waals surface area contributed by atoms with Gasteiger partial charge in [0.2, 0.25) is 0 Å². The molecule has 1 saturated heterocycles. The van der Waals surface area contributed by atoms with Crippen molar-refractivity contribution in [3.63, 3.8) is 0 Å². The van der Waals surface area contributed by atoms with E-state index in [-0.39, 0.29) is 0 Å². The Labute approximate surface area is 129 Å². The molecule has 4 N–H and O–H groups in total. The Balaban J connectivity index is 2.15. The van der Waals surface area contributed by atoms with Crippen LogP contribution < -0.4 is 0 Å². The smallest absolute Gasteiger partial charge is 0.162 e. The summed E-state index contributed by atoms with van der Waals surface area (Å²) in [4.78, 5) is 5.51. The van der Waals surface area contributed by atoms with Gasteiger partial charge in [-0.15, -0.1) is 0 Å². The molecule has 7 heteroatoms. The van der Waals surface area contributed by atoms with Gasteiger partial charge in [0.05, 0.1) is 19.8 Å². The van der Waals surface area contributed by atoms with Crippen molar-refractivity contribution in [1.29, 1.82) is 0 Å². The average Bonchev–Trinajstić information content (AvgIpc) is 2.54. The van der Waals surface area contributed by atoms with E-state index in [0.717, 1.165) is 5.56 Å². The molecule has 0 radical (unpaired) electrons. The summed E-state index contributed by atoms with van der Waals surface area (Å²) in [5.74, 6) is 0. The summed E-state index contributed by atoms with van der Waals surface area (Å²) in [5, 5.41) is 40.5. The lowest BCUT2D eigenvalue weighted by molar-refractivity contribution is -0.337. The van der Waals surface area contributed by atoms with Crippen molar-refractivity contribution in [3.05, 3.63) is 35.9 Å². The topological polar surface area (TPSA) is 103 Å². The third-order valence-corrected chi connectivity index (χ3v) is 3.63. The number of aliphatic hydroxyl groups is 4. The zero-order valence-corrected chi connectivity index (χ0v) is 12.4. The summed E-state index contributed by atoms with van der Waals surface area (Å²) >= 11 is 0. The predicted molar refractivity (Wildman–Crippen MR) is 77.4 cm³/mol. The number of aliphatic hydroxyl groups excluding tert-OH is 4. The lowest BCUT2D eigenvalue weighted by Gasteiger charge is -2.43. The minimum absolute atomic E-state index is 0.331. The molecule has 1 aliphatic heterocycles. The Kier molecular flexibility index (Phi) is 6.27. The Morgan fingerprint density at radius 3 is 2.36 bits per heavy atom. The Hall–Kier alpha value is -1.06. The molecule has 124 valence electrons. The third kappa shape index (κ3) is 3.82. The first-order chi connectivity index (χ1) is 10.6. The van der Waals surface area contributed by atoms with Crippen LogP contribution in [0.2, 0.25) is 0 Å². The molecule has 0 aromatic heterocycles. The Bertz CT molecular complexity index is 443. The van der Waals surface area contributed by atoms with E-state index in [4.69, 9.17) is 9.57 Å². The molecule has 1 fully saturated rings.